The molecule has 0 saturated carbocycles. The molecular weight excluding hydrogens is 455 g/mol. The van der Waals surface area contributed by atoms with Crippen molar-refractivity contribution in [3.63, 3.8) is 0 Å². The van der Waals surface area contributed by atoms with Gasteiger partial charge in [-0.1, -0.05) is 23.5 Å². The van der Waals surface area contributed by atoms with Gasteiger partial charge in [0, 0.05) is 0 Å². The molecule has 0 aliphatic carbocycles. The molecule has 1 aromatic heterocycles. The maximum absolute atomic E-state index is 12.3. The molecule has 3 aromatic rings. The fourth-order valence-corrected chi connectivity index (χ4v) is 4.73. The van der Waals surface area contributed by atoms with E-state index in [4.69, 9.17) is 5.26 Å². The van der Waals surface area contributed by atoms with E-state index in [2.05, 4.69) is 15.0 Å². The second-order valence-electron chi connectivity index (χ2n) is 6.44. The maximum Gasteiger partial charge on any atom is 0.422 e. The zero-order valence-corrected chi connectivity index (χ0v) is 17.3. The van der Waals surface area contributed by atoms with Crippen molar-refractivity contribution >= 4 is 42.4 Å². The molecule has 0 aliphatic rings. The number of nitriles is 1. The summed E-state index contributed by atoms with van der Waals surface area (Å²) >= 11 is 0.977. The van der Waals surface area contributed by atoms with Gasteiger partial charge in [-0.25, -0.2) is 13.4 Å². The van der Waals surface area contributed by atoms with E-state index in [1.807, 2.05) is 6.07 Å². The van der Waals surface area contributed by atoms with Crippen LogP contribution in [0, 0.1) is 11.3 Å². The van der Waals surface area contributed by atoms with Gasteiger partial charge in [0.05, 0.1) is 27.6 Å². The normalized spacial score (nSPS) is 11.8. The molecule has 0 atom stereocenters. The standard InChI is InChI=1S/C19H14F3N3O4S2/c20-19(21,22)11-29-14-5-6-15-16(7-14)30-18(24-15)25-17(26)10-31(27,28)9-13-3-1-12(8-23)2-4-13/h1-7H,9-11H2,(H,24,25,26). The van der Waals surface area contributed by atoms with E-state index >= 15 is 0 Å². The highest BCUT2D eigenvalue weighted by atomic mass is 32.2. The molecule has 0 unspecified atom stereocenters. The van der Waals surface area contributed by atoms with Crippen molar-refractivity contribution in [2.24, 2.45) is 0 Å². The largest absolute Gasteiger partial charge is 0.484 e. The van der Waals surface area contributed by atoms with Crippen LogP contribution < -0.4 is 10.1 Å². The highest BCUT2D eigenvalue weighted by Crippen LogP contribution is 2.30. The number of amides is 1. The molecule has 1 amide bonds. The van der Waals surface area contributed by atoms with Gasteiger partial charge in [-0.2, -0.15) is 18.4 Å². The molecule has 0 spiro atoms. The van der Waals surface area contributed by atoms with Gasteiger partial charge in [-0.3, -0.25) is 4.79 Å². The summed E-state index contributed by atoms with van der Waals surface area (Å²) in [6.45, 7) is -1.43. The highest BCUT2D eigenvalue weighted by Gasteiger charge is 2.28. The average Bonchev–Trinajstić information content (AvgIpc) is 3.06. The lowest BCUT2D eigenvalue weighted by atomic mass is 10.2. The number of rotatable bonds is 7. The Labute approximate surface area is 179 Å². The topological polar surface area (TPSA) is 109 Å². The number of thiazole rings is 1. The van der Waals surface area contributed by atoms with Crippen LogP contribution in [0.25, 0.3) is 10.2 Å². The number of fused-ring (bicyclic) bond motifs is 1. The molecule has 0 bridgehead atoms. The van der Waals surface area contributed by atoms with E-state index in [-0.39, 0.29) is 16.6 Å². The van der Waals surface area contributed by atoms with E-state index in [1.165, 1.54) is 42.5 Å². The zero-order valence-electron chi connectivity index (χ0n) is 15.6. The van der Waals surface area contributed by atoms with Crippen molar-refractivity contribution in [3.8, 4) is 11.8 Å². The van der Waals surface area contributed by atoms with Crippen LogP contribution in [0.15, 0.2) is 42.5 Å². The molecule has 0 saturated heterocycles. The van der Waals surface area contributed by atoms with Crippen molar-refractivity contribution < 1.29 is 31.1 Å². The van der Waals surface area contributed by atoms with Gasteiger partial charge >= 0.3 is 6.18 Å². The van der Waals surface area contributed by atoms with Crippen LogP contribution in [-0.2, 0) is 20.4 Å². The van der Waals surface area contributed by atoms with Gasteiger partial charge in [0.25, 0.3) is 0 Å². The summed E-state index contributed by atoms with van der Waals surface area (Å²) in [7, 11) is -3.78. The number of aromatic nitrogens is 1. The summed E-state index contributed by atoms with van der Waals surface area (Å²) in [6, 6.07) is 12.0. The van der Waals surface area contributed by atoms with Crippen LogP contribution >= 0.6 is 11.3 Å². The van der Waals surface area contributed by atoms with Crippen LogP contribution in [0.3, 0.4) is 0 Å². The Kier molecular flexibility index (Phi) is 6.47. The first-order valence-corrected chi connectivity index (χ1v) is 11.3. The van der Waals surface area contributed by atoms with E-state index in [1.54, 1.807) is 0 Å². The minimum absolute atomic E-state index is 0.00338. The van der Waals surface area contributed by atoms with Gasteiger partial charge in [-0.15, -0.1) is 0 Å². The summed E-state index contributed by atoms with van der Waals surface area (Å²) in [5.41, 5.74) is 1.25. The van der Waals surface area contributed by atoms with Crippen LogP contribution in [0.1, 0.15) is 11.1 Å². The third kappa shape index (κ3) is 6.66. The number of hydrogen-bond donors (Lipinski definition) is 1. The molecule has 2 aromatic carbocycles. The van der Waals surface area contributed by atoms with Crippen LogP contribution in [0.4, 0.5) is 18.3 Å². The first kappa shape index (κ1) is 22.5. The molecule has 0 radical (unpaired) electrons. The predicted molar refractivity (Wildman–Crippen MR) is 108 cm³/mol. The predicted octanol–water partition coefficient (Wildman–Crippen LogP) is 3.66. The Balaban J connectivity index is 1.63. The number of alkyl halides is 3. The number of sulfone groups is 1. The smallest absolute Gasteiger partial charge is 0.422 e. The fraction of sp³-hybridized carbons (Fsp3) is 0.211. The Morgan fingerprint density at radius 2 is 1.90 bits per heavy atom. The molecule has 0 aliphatic heterocycles. The van der Waals surface area contributed by atoms with E-state index in [0.717, 1.165) is 11.3 Å². The summed E-state index contributed by atoms with van der Waals surface area (Å²) in [4.78, 5) is 16.3. The van der Waals surface area contributed by atoms with Crippen molar-refractivity contribution in [3.05, 3.63) is 53.6 Å². The molecule has 12 heteroatoms. The van der Waals surface area contributed by atoms with Gasteiger partial charge < -0.3 is 10.1 Å². The number of anilines is 1. The first-order chi connectivity index (χ1) is 14.5. The lowest BCUT2D eigenvalue weighted by molar-refractivity contribution is -0.153. The molecule has 7 nitrogen and oxygen atoms in total. The first-order valence-electron chi connectivity index (χ1n) is 8.62. The Morgan fingerprint density at radius 3 is 2.55 bits per heavy atom. The minimum atomic E-state index is -4.47. The van der Waals surface area contributed by atoms with Gasteiger partial charge in [0.2, 0.25) is 5.91 Å². The van der Waals surface area contributed by atoms with Crippen LogP contribution in [0.2, 0.25) is 0 Å². The Morgan fingerprint density at radius 1 is 1.19 bits per heavy atom. The second-order valence-corrected chi connectivity index (χ2v) is 9.54. The number of hydrogen-bond acceptors (Lipinski definition) is 7. The molecule has 1 heterocycles. The number of halogens is 3. The molecule has 162 valence electrons. The SMILES string of the molecule is N#Cc1ccc(CS(=O)(=O)CC(=O)Nc2nc3ccc(OCC(F)(F)F)cc3s2)cc1. The highest BCUT2D eigenvalue weighted by molar-refractivity contribution is 7.91. The van der Waals surface area contributed by atoms with Crippen LogP contribution in [-0.4, -0.2) is 37.8 Å². The number of ether oxygens (including phenoxy) is 1. The van der Waals surface area contributed by atoms with E-state index in [9.17, 15) is 26.4 Å². The number of benzene rings is 2. The maximum atomic E-state index is 12.3. The molecule has 0 fully saturated rings. The van der Waals surface area contributed by atoms with Crippen LogP contribution in [0.5, 0.6) is 5.75 Å². The zero-order chi connectivity index (χ0) is 22.6. The van der Waals surface area contributed by atoms with Gasteiger partial charge in [0.15, 0.2) is 21.6 Å². The second kappa shape index (κ2) is 8.91. The molecular formula is C19H14F3N3O4S2. The lowest BCUT2D eigenvalue weighted by Gasteiger charge is -2.08. The third-order valence-corrected chi connectivity index (χ3v) is 6.24. The number of nitrogens with zero attached hydrogens (tertiary/aromatic N) is 2. The number of carbonyl (C=O) groups is 1. The minimum Gasteiger partial charge on any atom is -0.484 e. The molecule has 3 rings (SSSR count). The summed E-state index contributed by atoms with van der Waals surface area (Å²) in [5.74, 6) is -1.94. The average molecular weight is 469 g/mol. The third-order valence-electron chi connectivity index (χ3n) is 3.83. The Bertz CT molecular complexity index is 1250. The van der Waals surface area contributed by atoms with Gasteiger partial charge in [-0.05, 0) is 35.9 Å². The summed E-state index contributed by atoms with van der Waals surface area (Å²) in [6.07, 6.45) is -4.47. The van der Waals surface area contributed by atoms with E-state index < -0.39 is 34.3 Å². The van der Waals surface area contributed by atoms with Crippen molar-refractivity contribution in [2.75, 3.05) is 17.7 Å². The quantitative estimate of drug-likeness (QED) is 0.566. The number of nitrogens with one attached hydrogen (secondary N) is 1. The summed E-state index contributed by atoms with van der Waals surface area (Å²) < 4.78 is 66.5. The monoisotopic (exact) mass is 469 g/mol. The van der Waals surface area contributed by atoms with Crippen molar-refractivity contribution in [1.29, 1.82) is 5.26 Å². The summed E-state index contributed by atoms with van der Waals surface area (Å²) in [5, 5.41) is 11.3. The number of carbonyl (C=O) groups excluding carboxylic acids is 1. The molecule has 1 N–H and O–H groups in total. The van der Waals surface area contributed by atoms with Crippen molar-refractivity contribution in [1.82, 2.24) is 4.98 Å². The Hall–Kier alpha value is -3.17. The fourth-order valence-electron chi connectivity index (χ4n) is 2.55. The molecule has 31 heavy (non-hydrogen) atoms. The van der Waals surface area contributed by atoms with Gasteiger partial charge in [0.1, 0.15) is 11.5 Å². The van der Waals surface area contributed by atoms with E-state index in [0.29, 0.717) is 21.3 Å². The van der Waals surface area contributed by atoms with Crippen molar-refractivity contribution in [2.45, 2.75) is 11.9 Å². The lowest BCUT2D eigenvalue weighted by Crippen LogP contribution is -2.23.